The highest BCUT2D eigenvalue weighted by molar-refractivity contribution is 5.78. The Bertz CT molecular complexity index is 993. The third-order valence-corrected chi connectivity index (χ3v) is 5.46. The van der Waals surface area contributed by atoms with E-state index in [9.17, 15) is 9.18 Å². The number of carbonyl (C=O) groups is 1. The van der Waals surface area contributed by atoms with Gasteiger partial charge in [-0.3, -0.25) is 9.78 Å². The molecular weight excluding hydrogens is 379 g/mol. The van der Waals surface area contributed by atoms with Crippen LogP contribution in [0.1, 0.15) is 35.7 Å². The van der Waals surface area contributed by atoms with Crippen molar-refractivity contribution in [1.82, 2.24) is 9.88 Å². The number of nitrogens with zero attached hydrogens (tertiary/aromatic N) is 2. The van der Waals surface area contributed by atoms with Gasteiger partial charge in [0.2, 0.25) is 0 Å². The van der Waals surface area contributed by atoms with Crippen molar-refractivity contribution < 1.29 is 13.9 Å². The van der Waals surface area contributed by atoms with Gasteiger partial charge in [-0.05, 0) is 48.7 Å². The van der Waals surface area contributed by atoms with E-state index < -0.39 is 0 Å². The molecule has 1 aliphatic heterocycles. The van der Waals surface area contributed by atoms with Crippen molar-refractivity contribution in [2.45, 2.75) is 25.2 Å². The van der Waals surface area contributed by atoms with Crippen LogP contribution in [0, 0.1) is 5.82 Å². The minimum absolute atomic E-state index is 0.00827. The van der Waals surface area contributed by atoms with E-state index in [0.29, 0.717) is 24.3 Å². The Hall–Kier alpha value is -3.21. The maximum atomic E-state index is 14.0. The minimum atomic E-state index is -0.211. The van der Waals surface area contributed by atoms with Gasteiger partial charge in [-0.2, -0.15) is 0 Å². The largest absolute Gasteiger partial charge is 0.484 e. The van der Waals surface area contributed by atoms with E-state index in [4.69, 9.17) is 9.72 Å². The zero-order valence-corrected chi connectivity index (χ0v) is 16.8. The molecule has 0 bridgehead atoms. The molecule has 1 fully saturated rings. The van der Waals surface area contributed by atoms with Gasteiger partial charge in [0, 0.05) is 36.8 Å². The first-order valence-corrected chi connectivity index (χ1v) is 10.3. The number of piperidine rings is 1. The summed E-state index contributed by atoms with van der Waals surface area (Å²) in [6.07, 6.45) is 2.38. The van der Waals surface area contributed by atoms with E-state index in [2.05, 4.69) is 0 Å². The smallest absolute Gasteiger partial charge is 0.260 e. The van der Waals surface area contributed by atoms with Crippen LogP contribution in [0.25, 0.3) is 0 Å². The van der Waals surface area contributed by atoms with Gasteiger partial charge in [0.15, 0.2) is 6.61 Å². The molecule has 3 aromatic rings. The number of likely N-dealkylation sites (tertiary alicyclic amines) is 1. The Morgan fingerprint density at radius 2 is 1.83 bits per heavy atom. The number of benzene rings is 2. The molecule has 2 aromatic carbocycles. The van der Waals surface area contributed by atoms with E-state index >= 15 is 0 Å². The molecule has 0 saturated carbocycles. The van der Waals surface area contributed by atoms with Crippen molar-refractivity contribution >= 4 is 5.91 Å². The van der Waals surface area contributed by atoms with Crippen molar-refractivity contribution in [3.63, 3.8) is 0 Å². The molecule has 1 saturated heterocycles. The van der Waals surface area contributed by atoms with Crippen molar-refractivity contribution in [2.24, 2.45) is 0 Å². The fraction of sp³-hybridized carbons (Fsp3) is 0.280. The molecule has 30 heavy (non-hydrogen) atoms. The normalized spacial score (nSPS) is 16.3. The summed E-state index contributed by atoms with van der Waals surface area (Å²) < 4.78 is 19.6. The quantitative estimate of drug-likeness (QED) is 0.603. The number of para-hydroxylation sites is 1. The summed E-state index contributed by atoms with van der Waals surface area (Å²) in [4.78, 5) is 19.3. The summed E-state index contributed by atoms with van der Waals surface area (Å²) in [5.41, 5.74) is 2.44. The predicted octanol–water partition coefficient (Wildman–Crippen LogP) is 4.60. The SMILES string of the molecule is O=C(COc1ccccc1)N1CCC[C@@H](c2cccc(Cc3ccccc3F)n2)C1. The molecule has 0 N–H and O–H groups in total. The zero-order valence-electron chi connectivity index (χ0n) is 16.8. The first-order valence-electron chi connectivity index (χ1n) is 10.3. The molecule has 1 amide bonds. The number of carbonyl (C=O) groups excluding carboxylic acids is 1. The lowest BCUT2D eigenvalue weighted by Crippen LogP contribution is -2.41. The van der Waals surface area contributed by atoms with Crippen LogP contribution in [0.15, 0.2) is 72.8 Å². The number of ether oxygens (including phenoxy) is 1. The molecule has 0 radical (unpaired) electrons. The van der Waals surface area contributed by atoms with Gasteiger partial charge in [0.25, 0.3) is 5.91 Å². The van der Waals surface area contributed by atoms with Crippen LogP contribution in [0.5, 0.6) is 5.75 Å². The van der Waals surface area contributed by atoms with Crippen LogP contribution in [-0.4, -0.2) is 35.5 Å². The number of pyridine rings is 1. The maximum Gasteiger partial charge on any atom is 0.260 e. The number of aromatic nitrogens is 1. The van der Waals surface area contributed by atoms with E-state index in [1.165, 1.54) is 6.07 Å². The Kier molecular flexibility index (Phi) is 6.38. The lowest BCUT2D eigenvalue weighted by Gasteiger charge is -2.32. The van der Waals surface area contributed by atoms with Gasteiger partial charge >= 0.3 is 0 Å². The number of hydrogen-bond acceptors (Lipinski definition) is 3. The summed E-state index contributed by atoms with van der Waals surface area (Å²) in [5, 5.41) is 0. The molecule has 0 aliphatic carbocycles. The third-order valence-electron chi connectivity index (χ3n) is 5.46. The summed E-state index contributed by atoms with van der Waals surface area (Å²) in [6.45, 7) is 1.41. The Labute approximate surface area is 176 Å². The van der Waals surface area contributed by atoms with Crippen LogP contribution in [0.2, 0.25) is 0 Å². The summed E-state index contributed by atoms with van der Waals surface area (Å²) in [7, 11) is 0. The average Bonchev–Trinajstić information content (AvgIpc) is 2.80. The van der Waals surface area contributed by atoms with Crippen molar-refractivity contribution in [3.05, 3.63) is 95.6 Å². The van der Waals surface area contributed by atoms with Crippen LogP contribution in [0.3, 0.4) is 0 Å². The first kappa shape index (κ1) is 20.1. The lowest BCUT2D eigenvalue weighted by atomic mass is 9.94. The molecule has 1 aliphatic rings. The topological polar surface area (TPSA) is 42.4 Å². The molecule has 154 valence electrons. The molecular formula is C25H25FN2O2. The van der Waals surface area contributed by atoms with E-state index in [0.717, 1.165) is 30.8 Å². The molecule has 1 aromatic heterocycles. The predicted molar refractivity (Wildman–Crippen MR) is 114 cm³/mol. The molecule has 0 spiro atoms. The molecule has 0 unspecified atom stereocenters. The average molecular weight is 404 g/mol. The van der Waals surface area contributed by atoms with E-state index in [-0.39, 0.29) is 24.2 Å². The highest BCUT2D eigenvalue weighted by Crippen LogP contribution is 2.26. The highest BCUT2D eigenvalue weighted by Gasteiger charge is 2.26. The Morgan fingerprint density at radius 1 is 1.03 bits per heavy atom. The highest BCUT2D eigenvalue weighted by atomic mass is 19.1. The summed E-state index contributed by atoms with van der Waals surface area (Å²) in [5.74, 6) is 0.658. The molecule has 1 atom stereocenters. The van der Waals surface area contributed by atoms with Crippen LogP contribution in [-0.2, 0) is 11.2 Å². The Morgan fingerprint density at radius 3 is 2.67 bits per heavy atom. The van der Waals surface area contributed by atoms with Crippen molar-refractivity contribution in [2.75, 3.05) is 19.7 Å². The summed E-state index contributed by atoms with van der Waals surface area (Å²) in [6, 6.07) is 22.1. The van der Waals surface area contributed by atoms with Crippen LogP contribution >= 0.6 is 0 Å². The van der Waals surface area contributed by atoms with Gasteiger partial charge < -0.3 is 9.64 Å². The van der Waals surface area contributed by atoms with E-state index in [1.54, 1.807) is 12.1 Å². The number of amides is 1. The van der Waals surface area contributed by atoms with Crippen LogP contribution in [0.4, 0.5) is 4.39 Å². The molecule has 4 nitrogen and oxygen atoms in total. The molecule has 5 heteroatoms. The second kappa shape index (κ2) is 9.53. The second-order valence-corrected chi connectivity index (χ2v) is 7.60. The zero-order chi connectivity index (χ0) is 20.8. The first-order chi connectivity index (χ1) is 14.7. The Balaban J connectivity index is 1.39. The van der Waals surface area contributed by atoms with Gasteiger partial charge in [-0.15, -0.1) is 0 Å². The fourth-order valence-corrected chi connectivity index (χ4v) is 3.86. The molecule has 4 rings (SSSR count). The number of hydrogen-bond donors (Lipinski definition) is 0. The number of halogens is 1. The van der Waals surface area contributed by atoms with Crippen LogP contribution < -0.4 is 4.74 Å². The summed E-state index contributed by atoms with van der Waals surface area (Å²) >= 11 is 0. The monoisotopic (exact) mass is 404 g/mol. The third kappa shape index (κ3) is 5.03. The standard InChI is InChI=1S/C25H25FN2O2/c26-23-13-5-4-8-19(23)16-21-10-6-14-24(27-21)20-9-7-15-28(17-20)25(29)18-30-22-11-2-1-3-12-22/h1-6,8,10-14,20H,7,9,15-18H2/t20-/m1/s1. The van der Waals surface area contributed by atoms with E-state index in [1.807, 2.05) is 59.5 Å². The maximum absolute atomic E-state index is 14.0. The van der Waals surface area contributed by atoms with Gasteiger partial charge in [-0.1, -0.05) is 42.5 Å². The second-order valence-electron chi connectivity index (χ2n) is 7.60. The lowest BCUT2D eigenvalue weighted by molar-refractivity contribution is -0.134. The fourth-order valence-electron chi connectivity index (χ4n) is 3.86. The molecule has 2 heterocycles. The van der Waals surface area contributed by atoms with Crippen molar-refractivity contribution in [3.8, 4) is 5.75 Å². The number of rotatable bonds is 6. The van der Waals surface area contributed by atoms with Crippen molar-refractivity contribution in [1.29, 1.82) is 0 Å². The minimum Gasteiger partial charge on any atom is -0.484 e. The van der Waals surface area contributed by atoms with Gasteiger partial charge in [0.05, 0.1) is 0 Å². The van der Waals surface area contributed by atoms with Gasteiger partial charge in [0.1, 0.15) is 11.6 Å². The van der Waals surface area contributed by atoms with Gasteiger partial charge in [-0.25, -0.2) is 4.39 Å².